The topological polar surface area (TPSA) is 94.6 Å². The molecule has 1 atom stereocenters. The highest BCUT2D eigenvalue weighted by atomic mass is 35.5. The van der Waals surface area contributed by atoms with E-state index in [9.17, 15) is 10.1 Å². The molecule has 34 heavy (non-hydrogen) atoms. The van der Waals surface area contributed by atoms with Gasteiger partial charge >= 0.3 is 5.97 Å². The Morgan fingerprint density at radius 1 is 1.15 bits per heavy atom. The first-order valence-electron chi connectivity index (χ1n) is 10.8. The number of rotatable bonds is 6. The van der Waals surface area contributed by atoms with Crippen LogP contribution < -0.4 is 19.9 Å². The van der Waals surface area contributed by atoms with Crippen LogP contribution in [-0.2, 0) is 11.2 Å². The lowest BCUT2D eigenvalue weighted by atomic mass is 9.83. The van der Waals surface area contributed by atoms with Gasteiger partial charge in [0.1, 0.15) is 28.9 Å². The summed E-state index contributed by atoms with van der Waals surface area (Å²) in [6.07, 6.45) is 0.920. The molecule has 6 nitrogen and oxygen atoms in total. The van der Waals surface area contributed by atoms with E-state index in [4.69, 9.17) is 31.5 Å². The van der Waals surface area contributed by atoms with Gasteiger partial charge in [0, 0.05) is 16.7 Å². The van der Waals surface area contributed by atoms with Gasteiger partial charge in [-0.05, 0) is 54.3 Å². The molecule has 0 saturated heterocycles. The fourth-order valence-corrected chi connectivity index (χ4v) is 4.09. The van der Waals surface area contributed by atoms with Gasteiger partial charge in [0.15, 0.2) is 6.61 Å². The van der Waals surface area contributed by atoms with Crippen LogP contribution in [0.2, 0.25) is 5.02 Å². The third-order valence-electron chi connectivity index (χ3n) is 5.63. The largest absolute Gasteiger partial charge is 0.482 e. The van der Waals surface area contributed by atoms with E-state index >= 15 is 0 Å². The molecule has 0 spiro atoms. The van der Waals surface area contributed by atoms with Crippen molar-refractivity contribution in [1.29, 1.82) is 5.26 Å². The maximum atomic E-state index is 12.3. The number of nitriles is 1. The molecule has 0 fully saturated rings. The monoisotopic (exact) mass is 474 g/mol. The first-order chi connectivity index (χ1) is 16.4. The summed E-state index contributed by atoms with van der Waals surface area (Å²) in [7, 11) is 0. The summed E-state index contributed by atoms with van der Waals surface area (Å²) in [5, 5.41) is 10.3. The van der Waals surface area contributed by atoms with Crippen LogP contribution in [-0.4, -0.2) is 12.6 Å². The minimum atomic E-state index is -0.571. The van der Waals surface area contributed by atoms with Crippen LogP contribution in [0.5, 0.6) is 17.2 Å². The predicted octanol–water partition coefficient (Wildman–Crippen LogP) is 5.41. The molecule has 3 aromatic carbocycles. The van der Waals surface area contributed by atoms with Crippen LogP contribution in [0.1, 0.15) is 35.1 Å². The van der Waals surface area contributed by atoms with Crippen LogP contribution in [0, 0.1) is 18.3 Å². The second-order valence-electron chi connectivity index (χ2n) is 7.89. The number of fused-ring (bicyclic) bond motifs is 1. The van der Waals surface area contributed by atoms with E-state index in [1.54, 1.807) is 36.4 Å². The van der Waals surface area contributed by atoms with E-state index in [0.717, 1.165) is 23.1 Å². The Kier molecular flexibility index (Phi) is 6.76. The van der Waals surface area contributed by atoms with Gasteiger partial charge in [-0.25, -0.2) is 4.79 Å². The quantitative estimate of drug-likeness (QED) is 0.379. The number of carbonyl (C=O) groups is 1. The minimum Gasteiger partial charge on any atom is -0.482 e. The molecule has 7 heteroatoms. The summed E-state index contributed by atoms with van der Waals surface area (Å²) in [4.78, 5) is 12.3. The molecule has 4 rings (SSSR count). The van der Waals surface area contributed by atoms with Crippen molar-refractivity contribution < 1.29 is 19.0 Å². The lowest BCUT2D eigenvalue weighted by Crippen LogP contribution is -2.21. The van der Waals surface area contributed by atoms with Crippen LogP contribution in [0.25, 0.3) is 0 Å². The SMILES string of the molecule is CCc1ccc(C2C(C#N)=C(N)Oc3cc(OC(=O)COc4ccc(Cl)cc4C)ccc32)cc1. The first-order valence-corrected chi connectivity index (χ1v) is 11.2. The highest BCUT2D eigenvalue weighted by Gasteiger charge is 2.31. The third-order valence-corrected chi connectivity index (χ3v) is 5.86. The molecular formula is C27H23ClN2O4. The number of hydrogen-bond donors (Lipinski definition) is 1. The van der Waals surface area contributed by atoms with Crippen molar-refractivity contribution in [2.45, 2.75) is 26.2 Å². The molecule has 0 bridgehead atoms. The molecule has 2 N–H and O–H groups in total. The van der Waals surface area contributed by atoms with Crippen LogP contribution in [0.3, 0.4) is 0 Å². The van der Waals surface area contributed by atoms with Crippen LogP contribution in [0.15, 0.2) is 72.1 Å². The number of aryl methyl sites for hydroxylation is 2. The Morgan fingerprint density at radius 2 is 1.91 bits per heavy atom. The van der Waals surface area contributed by atoms with E-state index in [0.29, 0.717) is 22.1 Å². The van der Waals surface area contributed by atoms with Crippen molar-refractivity contribution in [2.75, 3.05) is 6.61 Å². The van der Waals surface area contributed by atoms with E-state index in [2.05, 4.69) is 13.0 Å². The fraction of sp³-hybridized carbons (Fsp3) is 0.185. The molecule has 1 heterocycles. The maximum Gasteiger partial charge on any atom is 0.349 e. The molecule has 0 aliphatic carbocycles. The van der Waals surface area contributed by atoms with Crippen molar-refractivity contribution in [3.8, 4) is 23.3 Å². The first kappa shape index (κ1) is 23.2. The van der Waals surface area contributed by atoms with E-state index in [1.807, 2.05) is 31.2 Å². The Balaban J connectivity index is 1.53. The normalized spacial score (nSPS) is 14.6. The van der Waals surface area contributed by atoms with Gasteiger partial charge in [-0.3, -0.25) is 0 Å². The summed E-state index contributed by atoms with van der Waals surface area (Å²) < 4.78 is 16.7. The summed E-state index contributed by atoms with van der Waals surface area (Å²) in [6, 6.07) is 20.4. The number of nitrogens with zero attached hydrogens (tertiary/aromatic N) is 1. The Morgan fingerprint density at radius 3 is 2.59 bits per heavy atom. The second-order valence-corrected chi connectivity index (χ2v) is 8.33. The molecule has 3 aromatic rings. The molecule has 1 unspecified atom stereocenters. The zero-order chi connectivity index (χ0) is 24.2. The van der Waals surface area contributed by atoms with E-state index in [-0.39, 0.29) is 24.2 Å². The van der Waals surface area contributed by atoms with Gasteiger partial charge in [0.05, 0.1) is 5.92 Å². The van der Waals surface area contributed by atoms with Crippen LogP contribution >= 0.6 is 11.6 Å². The molecule has 1 aliphatic rings. The van der Waals surface area contributed by atoms with Crippen molar-refractivity contribution in [3.05, 3.63) is 99.4 Å². The van der Waals surface area contributed by atoms with Gasteiger partial charge < -0.3 is 19.9 Å². The highest BCUT2D eigenvalue weighted by molar-refractivity contribution is 6.30. The number of allylic oxidation sites excluding steroid dienone is 1. The number of esters is 1. The average molecular weight is 475 g/mol. The summed E-state index contributed by atoms with van der Waals surface area (Å²) in [6.45, 7) is 3.66. The maximum absolute atomic E-state index is 12.3. The average Bonchev–Trinajstić information content (AvgIpc) is 2.82. The molecule has 0 aromatic heterocycles. The molecule has 1 aliphatic heterocycles. The fourth-order valence-electron chi connectivity index (χ4n) is 3.86. The third kappa shape index (κ3) is 4.85. The Hall–Kier alpha value is -3.95. The molecule has 172 valence electrons. The zero-order valence-corrected chi connectivity index (χ0v) is 19.6. The summed E-state index contributed by atoms with van der Waals surface area (Å²) in [5.74, 6) is 0.353. The Labute approximate surface area is 203 Å². The zero-order valence-electron chi connectivity index (χ0n) is 18.8. The number of halogens is 1. The number of hydrogen-bond acceptors (Lipinski definition) is 6. The number of nitrogens with two attached hydrogens (primary N) is 1. The summed E-state index contributed by atoms with van der Waals surface area (Å²) in [5.41, 5.74) is 10.1. The van der Waals surface area contributed by atoms with Gasteiger partial charge in [-0.1, -0.05) is 48.9 Å². The van der Waals surface area contributed by atoms with Gasteiger partial charge in [-0.15, -0.1) is 0 Å². The standard InChI is InChI=1S/C27H23ClN2O4/c1-3-17-4-6-18(7-5-17)26-21-10-9-20(13-24(21)34-27(30)22(26)14-29)33-25(31)15-32-23-11-8-19(28)12-16(23)2/h4-13,26H,3,15,30H2,1-2H3. The van der Waals surface area contributed by atoms with Gasteiger partial charge in [-0.2, -0.15) is 5.26 Å². The number of benzene rings is 3. The molecule has 0 saturated carbocycles. The van der Waals surface area contributed by atoms with Crippen LogP contribution in [0.4, 0.5) is 0 Å². The molecule has 0 radical (unpaired) electrons. The lowest BCUT2D eigenvalue weighted by Gasteiger charge is -2.26. The predicted molar refractivity (Wildman–Crippen MR) is 129 cm³/mol. The second kappa shape index (κ2) is 9.90. The number of ether oxygens (including phenoxy) is 3. The minimum absolute atomic E-state index is 0.0320. The lowest BCUT2D eigenvalue weighted by molar-refractivity contribution is -0.136. The molecule has 0 amide bonds. The smallest absolute Gasteiger partial charge is 0.349 e. The summed E-state index contributed by atoms with van der Waals surface area (Å²) >= 11 is 5.95. The number of carbonyl (C=O) groups excluding carboxylic acids is 1. The van der Waals surface area contributed by atoms with Crippen molar-refractivity contribution in [1.82, 2.24) is 0 Å². The van der Waals surface area contributed by atoms with Crippen molar-refractivity contribution in [3.63, 3.8) is 0 Å². The van der Waals surface area contributed by atoms with Gasteiger partial charge in [0.2, 0.25) is 5.88 Å². The van der Waals surface area contributed by atoms with Crippen molar-refractivity contribution in [2.24, 2.45) is 5.73 Å². The van der Waals surface area contributed by atoms with E-state index < -0.39 is 5.97 Å². The Bertz CT molecular complexity index is 1310. The van der Waals surface area contributed by atoms with E-state index in [1.165, 1.54) is 5.56 Å². The van der Waals surface area contributed by atoms with Gasteiger partial charge in [0.25, 0.3) is 0 Å². The highest BCUT2D eigenvalue weighted by Crippen LogP contribution is 2.43. The molecular weight excluding hydrogens is 452 g/mol. The van der Waals surface area contributed by atoms with Crippen molar-refractivity contribution >= 4 is 17.6 Å².